The molecular weight excluding hydrogens is 188 g/mol. The van der Waals surface area contributed by atoms with Crippen molar-refractivity contribution in [1.29, 1.82) is 0 Å². The molecule has 0 aliphatic carbocycles. The Hall–Kier alpha value is -1.15. The van der Waals surface area contributed by atoms with E-state index in [0.717, 1.165) is 12.0 Å². The third-order valence-corrected chi connectivity index (χ3v) is 2.52. The van der Waals surface area contributed by atoms with E-state index in [1.165, 1.54) is 5.56 Å². The number of carbonyl (C=O) groups excluding carboxylic acids is 1. The largest absolute Gasteiger partial charge is 0.389 e. The first-order valence-corrected chi connectivity index (χ1v) is 5.35. The van der Waals surface area contributed by atoms with Crippen molar-refractivity contribution in [1.82, 2.24) is 0 Å². The standard InChI is InChI=1S/C13H18O2/c1-10(2)12-6-3-11(4-7-12)5-8-13(15)9-14/h3-4,6-7,10,14H,5,8-9H2,1-2H3. The van der Waals surface area contributed by atoms with Crippen LogP contribution < -0.4 is 0 Å². The maximum Gasteiger partial charge on any atom is 0.158 e. The molecule has 0 atom stereocenters. The molecule has 15 heavy (non-hydrogen) atoms. The maximum absolute atomic E-state index is 10.9. The summed E-state index contributed by atoms with van der Waals surface area (Å²) in [7, 11) is 0. The molecule has 82 valence electrons. The van der Waals surface area contributed by atoms with Crippen LogP contribution in [0.2, 0.25) is 0 Å². The van der Waals surface area contributed by atoms with Crippen molar-refractivity contribution in [3.63, 3.8) is 0 Å². The van der Waals surface area contributed by atoms with Gasteiger partial charge in [0.2, 0.25) is 0 Å². The smallest absolute Gasteiger partial charge is 0.158 e. The van der Waals surface area contributed by atoms with E-state index < -0.39 is 0 Å². The van der Waals surface area contributed by atoms with Crippen LogP contribution in [-0.2, 0) is 11.2 Å². The second-order valence-electron chi connectivity index (χ2n) is 4.09. The van der Waals surface area contributed by atoms with E-state index in [1.54, 1.807) is 0 Å². The summed E-state index contributed by atoms with van der Waals surface area (Å²) >= 11 is 0. The van der Waals surface area contributed by atoms with Gasteiger partial charge in [-0.2, -0.15) is 0 Å². The zero-order chi connectivity index (χ0) is 11.3. The van der Waals surface area contributed by atoms with E-state index in [-0.39, 0.29) is 12.4 Å². The molecule has 0 bridgehead atoms. The molecule has 1 N–H and O–H groups in total. The van der Waals surface area contributed by atoms with Crippen LogP contribution in [0.5, 0.6) is 0 Å². The fourth-order valence-electron chi connectivity index (χ4n) is 1.43. The number of aliphatic hydroxyl groups is 1. The second-order valence-corrected chi connectivity index (χ2v) is 4.09. The van der Waals surface area contributed by atoms with Crippen molar-refractivity contribution in [2.24, 2.45) is 0 Å². The van der Waals surface area contributed by atoms with Gasteiger partial charge in [0, 0.05) is 6.42 Å². The summed E-state index contributed by atoms with van der Waals surface area (Å²) < 4.78 is 0. The lowest BCUT2D eigenvalue weighted by molar-refractivity contribution is -0.121. The van der Waals surface area contributed by atoms with Crippen molar-refractivity contribution in [2.45, 2.75) is 32.6 Å². The first-order chi connectivity index (χ1) is 7.13. The Balaban J connectivity index is 2.53. The first-order valence-electron chi connectivity index (χ1n) is 5.35. The quantitative estimate of drug-likeness (QED) is 0.802. The topological polar surface area (TPSA) is 37.3 Å². The van der Waals surface area contributed by atoms with Crippen LogP contribution >= 0.6 is 0 Å². The Morgan fingerprint density at radius 2 is 1.87 bits per heavy atom. The van der Waals surface area contributed by atoms with Crippen LogP contribution in [0.1, 0.15) is 37.3 Å². The van der Waals surface area contributed by atoms with Crippen LogP contribution in [0, 0.1) is 0 Å². The Kier molecular flexibility index (Phi) is 4.50. The fraction of sp³-hybridized carbons (Fsp3) is 0.462. The molecule has 0 radical (unpaired) electrons. The molecule has 0 aliphatic heterocycles. The van der Waals surface area contributed by atoms with Crippen LogP contribution in [0.25, 0.3) is 0 Å². The molecule has 2 nitrogen and oxygen atoms in total. The highest BCUT2D eigenvalue weighted by atomic mass is 16.3. The third kappa shape index (κ3) is 3.84. The number of hydrogen-bond acceptors (Lipinski definition) is 2. The van der Waals surface area contributed by atoms with Gasteiger partial charge in [-0.05, 0) is 23.5 Å². The maximum atomic E-state index is 10.9. The van der Waals surface area contributed by atoms with Gasteiger partial charge in [-0.3, -0.25) is 4.79 Å². The number of hydrogen-bond donors (Lipinski definition) is 1. The van der Waals surface area contributed by atoms with Crippen molar-refractivity contribution in [3.8, 4) is 0 Å². The minimum Gasteiger partial charge on any atom is -0.389 e. The number of aryl methyl sites for hydroxylation is 1. The molecule has 0 unspecified atom stereocenters. The van der Waals surface area contributed by atoms with Gasteiger partial charge in [-0.1, -0.05) is 38.1 Å². The molecule has 0 heterocycles. The number of aliphatic hydroxyl groups excluding tert-OH is 1. The molecule has 0 amide bonds. The predicted octanol–water partition coefficient (Wildman–Crippen LogP) is 2.30. The van der Waals surface area contributed by atoms with Crippen molar-refractivity contribution >= 4 is 5.78 Å². The van der Waals surface area contributed by atoms with Crippen LogP contribution in [0.15, 0.2) is 24.3 Å². The van der Waals surface area contributed by atoms with Gasteiger partial charge in [0.05, 0.1) is 0 Å². The summed E-state index contributed by atoms with van der Waals surface area (Å²) in [4.78, 5) is 10.9. The summed E-state index contributed by atoms with van der Waals surface area (Å²) in [5.74, 6) is 0.445. The molecule has 1 aromatic carbocycles. The Bertz CT molecular complexity index is 312. The Morgan fingerprint density at radius 3 is 2.33 bits per heavy atom. The third-order valence-electron chi connectivity index (χ3n) is 2.52. The molecular formula is C13H18O2. The average Bonchev–Trinajstić information content (AvgIpc) is 2.26. The highest BCUT2D eigenvalue weighted by molar-refractivity contribution is 5.79. The molecule has 0 spiro atoms. The minimum atomic E-state index is -0.343. The molecule has 0 aromatic heterocycles. The number of rotatable bonds is 5. The van der Waals surface area contributed by atoms with Gasteiger partial charge in [0.25, 0.3) is 0 Å². The van der Waals surface area contributed by atoms with Crippen molar-refractivity contribution in [3.05, 3.63) is 35.4 Å². The zero-order valence-electron chi connectivity index (χ0n) is 9.36. The summed E-state index contributed by atoms with van der Waals surface area (Å²) in [5.41, 5.74) is 2.47. The summed E-state index contributed by atoms with van der Waals surface area (Å²) in [6.07, 6.45) is 1.15. The molecule has 2 heteroatoms. The molecule has 0 aliphatic rings. The van der Waals surface area contributed by atoms with Crippen molar-refractivity contribution in [2.75, 3.05) is 6.61 Å². The number of Topliss-reactive ketones (excluding diaryl/α,β-unsaturated/α-hetero) is 1. The van der Waals surface area contributed by atoms with Crippen molar-refractivity contribution < 1.29 is 9.90 Å². The first kappa shape index (κ1) is 11.9. The minimum absolute atomic E-state index is 0.0945. The van der Waals surface area contributed by atoms with E-state index >= 15 is 0 Å². The summed E-state index contributed by atoms with van der Waals surface area (Å²) in [6.45, 7) is 3.97. The van der Waals surface area contributed by atoms with Gasteiger partial charge in [-0.25, -0.2) is 0 Å². The van der Waals surface area contributed by atoms with Gasteiger partial charge in [0.1, 0.15) is 6.61 Å². The summed E-state index contributed by atoms with van der Waals surface area (Å²) in [5, 5.41) is 8.58. The number of benzene rings is 1. The van der Waals surface area contributed by atoms with E-state index in [9.17, 15) is 4.79 Å². The molecule has 0 saturated carbocycles. The van der Waals surface area contributed by atoms with Crippen LogP contribution in [0.4, 0.5) is 0 Å². The van der Waals surface area contributed by atoms with Gasteiger partial charge in [0.15, 0.2) is 5.78 Å². The number of ketones is 1. The normalized spacial score (nSPS) is 10.7. The highest BCUT2D eigenvalue weighted by Gasteiger charge is 2.02. The lowest BCUT2D eigenvalue weighted by Crippen LogP contribution is -2.04. The lowest BCUT2D eigenvalue weighted by Gasteiger charge is -2.06. The van der Waals surface area contributed by atoms with E-state index in [2.05, 4.69) is 38.1 Å². The van der Waals surface area contributed by atoms with E-state index in [0.29, 0.717) is 12.3 Å². The SMILES string of the molecule is CC(C)c1ccc(CCC(=O)CO)cc1. The van der Waals surface area contributed by atoms with Gasteiger partial charge >= 0.3 is 0 Å². The average molecular weight is 206 g/mol. The Morgan fingerprint density at radius 1 is 1.27 bits per heavy atom. The van der Waals surface area contributed by atoms with Crippen LogP contribution in [0.3, 0.4) is 0 Å². The monoisotopic (exact) mass is 206 g/mol. The van der Waals surface area contributed by atoms with E-state index in [4.69, 9.17) is 5.11 Å². The van der Waals surface area contributed by atoms with E-state index in [1.807, 2.05) is 0 Å². The molecule has 0 fully saturated rings. The predicted molar refractivity (Wildman–Crippen MR) is 60.9 cm³/mol. The van der Waals surface area contributed by atoms with Gasteiger partial charge in [-0.15, -0.1) is 0 Å². The van der Waals surface area contributed by atoms with Crippen LogP contribution in [-0.4, -0.2) is 17.5 Å². The Labute approximate surface area is 90.9 Å². The summed E-state index contributed by atoms with van der Waals surface area (Å²) in [6, 6.07) is 8.31. The fourth-order valence-corrected chi connectivity index (χ4v) is 1.43. The van der Waals surface area contributed by atoms with Gasteiger partial charge < -0.3 is 5.11 Å². The lowest BCUT2D eigenvalue weighted by atomic mass is 10.00. The second kappa shape index (κ2) is 5.66. The number of carbonyl (C=O) groups is 1. The molecule has 0 saturated heterocycles. The molecule has 1 aromatic rings. The zero-order valence-corrected chi connectivity index (χ0v) is 9.36. The molecule has 1 rings (SSSR count). The highest BCUT2D eigenvalue weighted by Crippen LogP contribution is 2.15.